The van der Waals surface area contributed by atoms with Gasteiger partial charge in [-0.05, 0) is 91.5 Å². The zero-order valence-corrected chi connectivity index (χ0v) is 34.3. The number of para-hydroxylation sites is 2. The molecule has 10 aromatic carbocycles. The standard InChI is InChI=1S/C59H39NO2/c1-59(2)50-25-12-10-19-44(50)45-32-31-39(35-51(45)59)60(38-29-27-37(28-30-38)41-23-14-24-49-46-20-11-13-26-53(46)61-56(41)49)52-34-33-40(36-15-4-3-5-16-36)54-55-47-21-8-6-17-42(47)43-18-7-9-22-48(43)57(55)62-58(52)54/h3-35H,1-2H3. The van der Waals surface area contributed by atoms with Gasteiger partial charge < -0.3 is 13.7 Å². The van der Waals surface area contributed by atoms with E-state index in [1.165, 1.54) is 38.4 Å². The zero-order valence-electron chi connectivity index (χ0n) is 34.3. The SMILES string of the molecule is CC1(C)c2ccccc2-c2ccc(N(c3ccc(-c4cccc5c4oc4ccccc45)cc3)c3ccc(-c4ccccc4)c4c3oc3c5ccccc5c5ccccc5c34)cc21. The topological polar surface area (TPSA) is 29.5 Å². The maximum atomic E-state index is 7.39. The number of rotatable bonds is 5. The van der Waals surface area contributed by atoms with Crippen LogP contribution in [0.2, 0.25) is 0 Å². The molecule has 292 valence electrons. The van der Waals surface area contributed by atoms with Gasteiger partial charge in [0.1, 0.15) is 16.7 Å². The second-order valence-corrected chi connectivity index (χ2v) is 17.2. The number of benzene rings is 10. The molecule has 0 saturated heterocycles. The van der Waals surface area contributed by atoms with E-state index in [1.54, 1.807) is 0 Å². The fraction of sp³-hybridized carbons (Fsp3) is 0.0508. The number of nitrogens with zero attached hydrogens (tertiary/aromatic N) is 1. The Morgan fingerprint density at radius 3 is 1.76 bits per heavy atom. The van der Waals surface area contributed by atoms with Crippen LogP contribution in [0, 0.1) is 0 Å². The summed E-state index contributed by atoms with van der Waals surface area (Å²) in [6.07, 6.45) is 0. The third kappa shape index (κ3) is 4.94. The van der Waals surface area contributed by atoms with Gasteiger partial charge in [0.05, 0.1) is 5.69 Å². The fourth-order valence-electron chi connectivity index (χ4n) is 10.5. The summed E-state index contributed by atoms with van der Waals surface area (Å²) in [7, 11) is 0. The van der Waals surface area contributed by atoms with Crippen LogP contribution >= 0.6 is 0 Å². The van der Waals surface area contributed by atoms with Gasteiger partial charge in [-0.3, -0.25) is 0 Å². The van der Waals surface area contributed by atoms with Gasteiger partial charge in [0.15, 0.2) is 5.58 Å². The van der Waals surface area contributed by atoms with Gasteiger partial charge >= 0.3 is 0 Å². The van der Waals surface area contributed by atoms with Crippen LogP contribution in [-0.4, -0.2) is 0 Å². The molecule has 13 rings (SSSR count). The van der Waals surface area contributed by atoms with Gasteiger partial charge in [-0.2, -0.15) is 0 Å². The molecule has 1 aliphatic carbocycles. The molecule has 0 unspecified atom stereocenters. The zero-order chi connectivity index (χ0) is 41.1. The molecule has 0 saturated carbocycles. The maximum absolute atomic E-state index is 7.39. The molecule has 0 aliphatic heterocycles. The normalized spacial score (nSPS) is 13.1. The highest BCUT2D eigenvalue weighted by molar-refractivity contribution is 6.33. The minimum Gasteiger partial charge on any atom is -0.455 e. The minimum atomic E-state index is -0.174. The van der Waals surface area contributed by atoms with E-state index in [0.29, 0.717) is 0 Å². The van der Waals surface area contributed by atoms with Crippen LogP contribution in [0.3, 0.4) is 0 Å². The second kappa shape index (κ2) is 13.1. The summed E-state index contributed by atoms with van der Waals surface area (Å²) in [4.78, 5) is 2.40. The van der Waals surface area contributed by atoms with Crippen molar-refractivity contribution in [2.75, 3.05) is 4.90 Å². The summed E-state index contributed by atoms with van der Waals surface area (Å²) in [5, 5.41) is 9.18. The predicted octanol–water partition coefficient (Wildman–Crippen LogP) is 16.9. The smallest absolute Gasteiger partial charge is 0.160 e. The molecule has 0 amide bonds. The first-order valence-corrected chi connectivity index (χ1v) is 21.4. The molecule has 0 atom stereocenters. The lowest BCUT2D eigenvalue weighted by atomic mass is 9.82. The summed E-state index contributed by atoms with van der Waals surface area (Å²) in [6.45, 7) is 4.70. The molecule has 0 fully saturated rings. The van der Waals surface area contributed by atoms with Gasteiger partial charge in [0.25, 0.3) is 0 Å². The molecular weight excluding hydrogens is 755 g/mol. The van der Waals surface area contributed by atoms with Gasteiger partial charge in [-0.15, -0.1) is 0 Å². The van der Waals surface area contributed by atoms with E-state index >= 15 is 0 Å². The summed E-state index contributed by atoms with van der Waals surface area (Å²) in [5.74, 6) is 0. The highest BCUT2D eigenvalue weighted by Crippen LogP contribution is 2.53. The Hall–Kier alpha value is -7.88. The van der Waals surface area contributed by atoms with E-state index in [9.17, 15) is 0 Å². The quantitative estimate of drug-likeness (QED) is 0.163. The first-order valence-electron chi connectivity index (χ1n) is 21.4. The number of furan rings is 2. The van der Waals surface area contributed by atoms with Crippen LogP contribution in [0.1, 0.15) is 25.0 Å². The van der Waals surface area contributed by atoms with Crippen molar-refractivity contribution in [2.24, 2.45) is 0 Å². The average Bonchev–Trinajstić information content (AvgIpc) is 3.99. The predicted molar refractivity (Wildman–Crippen MR) is 259 cm³/mol. The van der Waals surface area contributed by atoms with Gasteiger partial charge in [0, 0.05) is 49.3 Å². The first-order chi connectivity index (χ1) is 30.5. The third-order valence-corrected chi connectivity index (χ3v) is 13.5. The fourth-order valence-corrected chi connectivity index (χ4v) is 10.5. The Morgan fingerprint density at radius 1 is 0.355 bits per heavy atom. The molecule has 1 aliphatic rings. The second-order valence-electron chi connectivity index (χ2n) is 17.2. The van der Waals surface area contributed by atoms with Crippen LogP contribution in [0.15, 0.2) is 209 Å². The van der Waals surface area contributed by atoms with E-state index in [-0.39, 0.29) is 5.41 Å². The van der Waals surface area contributed by atoms with Crippen molar-refractivity contribution < 1.29 is 8.83 Å². The molecule has 2 heterocycles. The molecule has 0 spiro atoms. The Labute approximate surface area is 358 Å². The van der Waals surface area contributed by atoms with E-state index in [0.717, 1.165) is 88.6 Å². The minimum absolute atomic E-state index is 0.174. The van der Waals surface area contributed by atoms with Crippen molar-refractivity contribution in [3.63, 3.8) is 0 Å². The van der Waals surface area contributed by atoms with Crippen molar-refractivity contribution in [3.8, 4) is 33.4 Å². The summed E-state index contributed by atoms with van der Waals surface area (Å²) in [5.41, 5.74) is 16.2. The van der Waals surface area contributed by atoms with Gasteiger partial charge in [-0.25, -0.2) is 0 Å². The van der Waals surface area contributed by atoms with Crippen LogP contribution < -0.4 is 4.90 Å². The van der Waals surface area contributed by atoms with Crippen LogP contribution in [-0.2, 0) is 5.41 Å². The Balaban J connectivity index is 1.09. The van der Waals surface area contributed by atoms with Crippen LogP contribution in [0.25, 0.3) is 98.8 Å². The van der Waals surface area contributed by atoms with Crippen LogP contribution in [0.4, 0.5) is 17.1 Å². The Kier molecular flexibility index (Phi) is 7.36. The maximum Gasteiger partial charge on any atom is 0.160 e. The van der Waals surface area contributed by atoms with Crippen molar-refractivity contribution in [2.45, 2.75) is 19.3 Å². The van der Waals surface area contributed by atoms with Crippen LogP contribution in [0.5, 0.6) is 0 Å². The molecule has 0 N–H and O–H groups in total. The van der Waals surface area contributed by atoms with E-state index < -0.39 is 0 Å². The Bertz CT molecular complexity index is 3780. The van der Waals surface area contributed by atoms with Crippen molar-refractivity contribution in [1.82, 2.24) is 0 Å². The van der Waals surface area contributed by atoms with Crippen molar-refractivity contribution >= 4 is 82.5 Å². The summed E-state index contributed by atoms with van der Waals surface area (Å²) >= 11 is 0. The van der Waals surface area contributed by atoms with E-state index in [4.69, 9.17) is 8.83 Å². The number of fused-ring (bicyclic) bond motifs is 14. The lowest BCUT2D eigenvalue weighted by molar-refractivity contribution is 0.660. The van der Waals surface area contributed by atoms with Gasteiger partial charge in [0.2, 0.25) is 0 Å². The highest BCUT2D eigenvalue weighted by atomic mass is 16.3. The molecule has 12 aromatic rings. The molecule has 0 radical (unpaired) electrons. The molecule has 3 nitrogen and oxygen atoms in total. The first kappa shape index (κ1) is 34.9. The molecule has 2 aromatic heterocycles. The summed E-state index contributed by atoms with van der Waals surface area (Å²) < 4.78 is 13.9. The lowest BCUT2D eigenvalue weighted by Gasteiger charge is -2.28. The van der Waals surface area contributed by atoms with Crippen molar-refractivity contribution in [3.05, 3.63) is 211 Å². The third-order valence-electron chi connectivity index (χ3n) is 13.5. The van der Waals surface area contributed by atoms with Gasteiger partial charge in [-0.1, -0.05) is 178 Å². The monoisotopic (exact) mass is 793 g/mol. The van der Waals surface area contributed by atoms with Crippen molar-refractivity contribution in [1.29, 1.82) is 0 Å². The lowest BCUT2D eigenvalue weighted by Crippen LogP contribution is -2.16. The van der Waals surface area contributed by atoms with E-state index in [2.05, 4.69) is 207 Å². The highest BCUT2D eigenvalue weighted by Gasteiger charge is 2.36. The molecular formula is C59H39NO2. The largest absolute Gasteiger partial charge is 0.455 e. The molecule has 0 bridgehead atoms. The Morgan fingerprint density at radius 2 is 0.935 bits per heavy atom. The molecule has 62 heavy (non-hydrogen) atoms. The molecule has 3 heteroatoms. The van der Waals surface area contributed by atoms with E-state index in [1.807, 2.05) is 12.1 Å². The number of hydrogen-bond acceptors (Lipinski definition) is 3. The number of anilines is 3. The number of hydrogen-bond donors (Lipinski definition) is 0. The summed E-state index contributed by atoms with van der Waals surface area (Å²) in [6, 6.07) is 72.2. The average molecular weight is 794 g/mol.